The standard InChI is InChI=1S/C15H22N2OS/c1-10-4-5-11(2)13(8-10)19-9-15(17-3,14(16)18)12-6-7-12/h4-5,8,12,17H,6-7,9H2,1-3H3,(H2,16,18). The summed E-state index contributed by atoms with van der Waals surface area (Å²) < 4.78 is 0. The fourth-order valence-electron chi connectivity index (χ4n) is 2.42. The van der Waals surface area contributed by atoms with E-state index < -0.39 is 5.54 Å². The van der Waals surface area contributed by atoms with Gasteiger partial charge in [0.05, 0.1) is 0 Å². The summed E-state index contributed by atoms with van der Waals surface area (Å²) in [5.41, 5.74) is 7.58. The molecular formula is C15H22N2OS. The van der Waals surface area contributed by atoms with E-state index in [1.807, 2.05) is 7.05 Å². The smallest absolute Gasteiger partial charge is 0.238 e. The van der Waals surface area contributed by atoms with Crippen molar-refractivity contribution in [2.45, 2.75) is 37.1 Å². The predicted octanol–water partition coefficient (Wildman–Crippen LogP) is 2.25. The van der Waals surface area contributed by atoms with Crippen LogP contribution in [0.1, 0.15) is 24.0 Å². The molecule has 3 N–H and O–H groups in total. The summed E-state index contributed by atoms with van der Waals surface area (Å²) >= 11 is 1.73. The van der Waals surface area contributed by atoms with Crippen molar-refractivity contribution in [3.63, 3.8) is 0 Å². The second kappa shape index (κ2) is 5.55. The lowest BCUT2D eigenvalue weighted by atomic mass is 9.95. The molecule has 1 aromatic carbocycles. The summed E-state index contributed by atoms with van der Waals surface area (Å²) in [7, 11) is 1.84. The first kappa shape index (κ1) is 14.4. The van der Waals surface area contributed by atoms with Crippen molar-refractivity contribution in [3.8, 4) is 0 Å². The number of aryl methyl sites for hydroxylation is 2. The number of nitrogens with one attached hydrogen (secondary N) is 1. The lowest BCUT2D eigenvalue weighted by Crippen LogP contribution is -2.57. The first-order chi connectivity index (χ1) is 8.99. The summed E-state index contributed by atoms with van der Waals surface area (Å²) in [6.45, 7) is 4.19. The quantitative estimate of drug-likeness (QED) is 0.785. The number of amides is 1. The lowest BCUT2D eigenvalue weighted by Gasteiger charge is -2.30. The van der Waals surface area contributed by atoms with Gasteiger partial charge in [-0.15, -0.1) is 11.8 Å². The first-order valence-electron chi connectivity index (χ1n) is 6.68. The van der Waals surface area contributed by atoms with Crippen molar-refractivity contribution in [1.29, 1.82) is 0 Å². The molecule has 0 heterocycles. The van der Waals surface area contributed by atoms with Crippen molar-refractivity contribution in [1.82, 2.24) is 5.32 Å². The molecule has 104 valence electrons. The average molecular weight is 278 g/mol. The Morgan fingerprint density at radius 1 is 1.47 bits per heavy atom. The molecule has 2 rings (SSSR count). The molecule has 1 fully saturated rings. The fraction of sp³-hybridized carbons (Fsp3) is 0.533. The molecule has 19 heavy (non-hydrogen) atoms. The Kier molecular flexibility index (Phi) is 4.21. The molecule has 1 amide bonds. The third-order valence-electron chi connectivity index (χ3n) is 3.96. The van der Waals surface area contributed by atoms with Crippen LogP contribution in [-0.2, 0) is 4.79 Å². The molecule has 1 unspecified atom stereocenters. The number of thioether (sulfide) groups is 1. The van der Waals surface area contributed by atoms with Crippen LogP contribution in [-0.4, -0.2) is 24.2 Å². The highest BCUT2D eigenvalue weighted by atomic mass is 32.2. The van der Waals surface area contributed by atoms with Gasteiger partial charge in [0.25, 0.3) is 0 Å². The predicted molar refractivity (Wildman–Crippen MR) is 80.3 cm³/mol. The van der Waals surface area contributed by atoms with Crippen LogP contribution >= 0.6 is 11.8 Å². The van der Waals surface area contributed by atoms with E-state index in [4.69, 9.17) is 5.73 Å². The third kappa shape index (κ3) is 2.95. The largest absolute Gasteiger partial charge is 0.368 e. The van der Waals surface area contributed by atoms with Crippen LogP contribution in [0.4, 0.5) is 0 Å². The number of carbonyl (C=O) groups is 1. The molecule has 4 heteroatoms. The van der Waals surface area contributed by atoms with Gasteiger partial charge >= 0.3 is 0 Å². The summed E-state index contributed by atoms with van der Waals surface area (Å²) in [5, 5.41) is 3.19. The third-order valence-corrected chi connectivity index (χ3v) is 5.31. The molecule has 1 atom stereocenters. The summed E-state index contributed by atoms with van der Waals surface area (Å²) in [5.74, 6) is 0.872. The van der Waals surface area contributed by atoms with Gasteiger partial charge in [-0.1, -0.05) is 17.7 Å². The van der Waals surface area contributed by atoms with Crippen LogP contribution < -0.4 is 11.1 Å². The van der Waals surface area contributed by atoms with E-state index in [0.29, 0.717) is 11.7 Å². The second-order valence-electron chi connectivity index (χ2n) is 5.42. The minimum atomic E-state index is -0.555. The van der Waals surface area contributed by atoms with Crippen LogP contribution in [0.3, 0.4) is 0 Å². The van der Waals surface area contributed by atoms with E-state index >= 15 is 0 Å². The molecule has 1 saturated carbocycles. The van der Waals surface area contributed by atoms with Crippen LogP contribution in [0.25, 0.3) is 0 Å². The topological polar surface area (TPSA) is 55.1 Å². The van der Waals surface area contributed by atoms with Gasteiger partial charge in [-0.2, -0.15) is 0 Å². The van der Waals surface area contributed by atoms with Crippen molar-refractivity contribution in [3.05, 3.63) is 29.3 Å². The Balaban J connectivity index is 2.15. The Labute approximate surface area is 119 Å². The van der Waals surface area contributed by atoms with Gasteiger partial charge in [0.15, 0.2) is 0 Å². The Morgan fingerprint density at radius 3 is 2.68 bits per heavy atom. The van der Waals surface area contributed by atoms with Crippen LogP contribution in [0, 0.1) is 19.8 Å². The molecule has 0 aliphatic heterocycles. The molecule has 1 aromatic rings. The second-order valence-corrected chi connectivity index (χ2v) is 6.43. The number of benzene rings is 1. The van der Waals surface area contributed by atoms with E-state index in [1.165, 1.54) is 16.0 Å². The Morgan fingerprint density at radius 2 is 2.16 bits per heavy atom. The van der Waals surface area contributed by atoms with E-state index in [1.54, 1.807) is 11.8 Å². The van der Waals surface area contributed by atoms with Crippen molar-refractivity contribution in [2.75, 3.05) is 12.8 Å². The highest BCUT2D eigenvalue weighted by Crippen LogP contribution is 2.42. The van der Waals surface area contributed by atoms with Gasteiger partial charge in [0, 0.05) is 10.6 Å². The number of nitrogens with two attached hydrogens (primary N) is 1. The zero-order chi connectivity index (χ0) is 14.0. The van der Waals surface area contributed by atoms with Gasteiger partial charge in [0.1, 0.15) is 5.54 Å². The monoisotopic (exact) mass is 278 g/mol. The number of primary amides is 1. The normalized spacial score (nSPS) is 18.1. The maximum absolute atomic E-state index is 11.9. The molecule has 0 aromatic heterocycles. The Hall–Kier alpha value is -1.00. The van der Waals surface area contributed by atoms with Crippen LogP contribution in [0.2, 0.25) is 0 Å². The van der Waals surface area contributed by atoms with Crippen molar-refractivity contribution in [2.24, 2.45) is 11.7 Å². The van der Waals surface area contributed by atoms with E-state index in [9.17, 15) is 4.79 Å². The highest BCUT2D eigenvalue weighted by molar-refractivity contribution is 7.99. The molecule has 1 aliphatic rings. The number of likely N-dealkylation sites (N-methyl/N-ethyl adjacent to an activating group) is 1. The maximum atomic E-state index is 11.9. The molecule has 1 aliphatic carbocycles. The summed E-state index contributed by atoms with van der Waals surface area (Å²) in [6, 6.07) is 6.41. The number of rotatable bonds is 6. The minimum Gasteiger partial charge on any atom is -0.368 e. The van der Waals surface area contributed by atoms with Gasteiger partial charge in [0.2, 0.25) is 5.91 Å². The molecule has 0 radical (unpaired) electrons. The minimum absolute atomic E-state index is 0.227. The SMILES string of the molecule is CNC(CSc1cc(C)ccc1C)(C(N)=O)C1CC1. The number of hydrogen-bond donors (Lipinski definition) is 2. The van der Waals surface area contributed by atoms with E-state index in [2.05, 4.69) is 37.4 Å². The zero-order valence-electron chi connectivity index (χ0n) is 11.8. The lowest BCUT2D eigenvalue weighted by molar-refractivity contribution is -0.124. The fourth-order valence-corrected chi connectivity index (χ4v) is 3.89. The molecule has 3 nitrogen and oxygen atoms in total. The number of hydrogen-bond acceptors (Lipinski definition) is 3. The number of carbonyl (C=O) groups excluding carboxylic acids is 1. The molecule has 0 spiro atoms. The summed E-state index contributed by atoms with van der Waals surface area (Å²) in [6.07, 6.45) is 2.19. The highest BCUT2D eigenvalue weighted by Gasteiger charge is 2.48. The van der Waals surface area contributed by atoms with E-state index in [0.717, 1.165) is 12.8 Å². The van der Waals surface area contributed by atoms with E-state index in [-0.39, 0.29) is 5.91 Å². The van der Waals surface area contributed by atoms with Crippen molar-refractivity contribution >= 4 is 17.7 Å². The van der Waals surface area contributed by atoms with Gasteiger partial charge in [-0.05, 0) is 51.3 Å². The van der Waals surface area contributed by atoms with Gasteiger partial charge in [-0.3, -0.25) is 4.79 Å². The molecule has 0 bridgehead atoms. The first-order valence-corrected chi connectivity index (χ1v) is 7.67. The van der Waals surface area contributed by atoms with Crippen LogP contribution in [0.15, 0.2) is 23.1 Å². The van der Waals surface area contributed by atoms with Crippen LogP contribution in [0.5, 0.6) is 0 Å². The molecular weight excluding hydrogens is 256 g/mol. The Bertz CT molecular complexity index is 485. The molecule has 0 saturated heterocycles. The zero-order valence-corrected chi connectivity index (χ0v) is 12.6. The maximum Gasteiger partial charge on any atom is 0.238 e. The van der Waals surface area contributed by atoms with Gasteiger partial charge < -0.3 is 11.1 Å². The van der Waals surface area contributed by atoms with Gasteiger partial charge in [-0.25, -0.2) is 0 Å². The summed E-state index contributed by atoms with van der Waals surface area (Å²) in [4.78, 5) is 13.1. The van der Waals surface area contributed by atoms with Crippen molar-refractivity contribution < 1.29 is 4.79 Å². The average Bonchev–Trinajstić information content (AvgIpc) is 3.19.